The van der Waals surface area contributed by atoms with Crippen LogP contribution in [0.2, 0.25) is 0 Å². The maximum Gasteiger partial charge on any atom is 0.270 e. The molecule has 1 aromatic heterocycles. The van der Waals surface area contributed by atoms with Gasteiger partial charge in [0, 0.05) is 40.8 Å². The van der Waals surface area contributed by atoms with Gasteiger partial charge in [0.1, 0.15) is 0 Å². The van der Waals surface area contributed by atoms with Gasteiger partial charge in [0.05, 0.1) is 12.0 Å². The van der Waals surface area contributed by atoms with Crippen molar-refractivity contribution < 1.29 is 14.8 Å². The number of nitrogens with zero attached hydrogens (tertiary/aromatic N) is 1. The van der Waals surface area contributed by atoms with Crippen molar-refractivity contribution >= 4 is 16.6 Å². The average molecular weight is 395 g/mol. The van der Waals surface area contributed by atoms with Crippen molar-refractivity contribution in [3.8, 4) is 11.5 Å². The normalized spacial score (nSPS) is 17.1. The molecule has 0 unspecified atom stereocenters. The first-order chi connectivity index (χ1) is 14.0. The second-order valence-corrected chi connectivity index (χ2v) is 7.73. The molecular formula is C22H25N3O4. The quantitative estimate of drug-likeness (QED) is 0.425. The SMILES string of the molecule is COc1cc(C[C@H](C)N[C@@H]2CCCc3c2[nH]c2ccc([N+](=O)[O-])cc32)ccc1O. The fourth-order valence-electron chi connectivity index (χ4n) is 4.34. The molecule has 0 radical (unpaired) electrons. The second kappa shape index (κ2) is 7.75. The molecule has 1 aliphatic rings. The van der Waals surface area contributed by atoms with Gasteiger partial charge in [-0.3, -0.25) is 10.1 Å². The van der Waals surface area contributed by atoms with Crippen molar-refractivity contribution in [2.75, 3.05) is 7.11 Å². The minimum absolute atomic E-state index is 0.129. The van der Waals surface area contributed by atoms with Gasteiger partial charge in [0.15, 0.2) is 11.5 Å². The van der Waals surface area contributed by atoms with Crippen LogP contribution < -0.4 is 10.1 Å². The standard InChI is InChI=1S/C22H25N3O4/c1-13(10-14-6-9-20(26)21(11-14)29-2)23-19-5-3-4-16-17-12-15(25(27)28)7-8-18(17)24-22(16)19/h6-9,11-13,19,23-24,26H,3-5,10H2,1-2H3/t13-,19+/m0/s1. The molecule has 0 fully saturated rings. The Morgan fingerprint density at radius 2 is 2.17 bits per heavy atom. The van der Waals surface area contributed by atoms with Gasteiger partial charge < -0.3 is 20.1 Å². The van der Waals surface area contributed by atoms with Crippen LogP contribution in [0.15, 0.2) is 36.4 Å². The molecule has 2 atom stereocenters. The molecule has 152 valence electrons. The number of benzene rings is 2. The second-order valence-electron chi connectivity index (χ2n) is 7.73. The Kier molecular flexibility index (Phi) is 5.15. The van der Waals surface area contributed by atoms with E-state index >= 15 is 0 Å². The van der Waals surface area contributed by atoms with Crippen LogP contribution in [0, 0.1) is 10.1 Å². The molecule has 0 bridgehead atoms. The van der Waals surface area contributed by atoms with Crippen LogP contribution in [0.4, 0.5) is 5.69 Å². The monoisotopic (exact) mass is 395 g/mol. The van der Waals surface area contributed by atoms with Gasteiger partial charge in [0.25, 0.3) is 5.69 Å². The summed E-state index contributed by atoms with van der Waals surface area (Å²) in [5, 5.41) is 25.6. The van der Waals surface area contributed by atoms with E-state index in [9.17, 15) is 15.2 Å². The minimum Gasteiger partial charge on any atom is -0.504 e. The van der Waals surface area contributed by atoms with Crippen molar-refractivity contribution in [3.05, 3.63) is 63.3 Å². The van der Waals surface area contributed by atoms with Crippen LogP contribution in [-0.2, 0) is 12.8 Å². The van der Waals surface area contributed by atoms with Gasteiger partial charge in [-0.1, -0.05) is 6.07 Å². The van der Waals surface area contributed by atoms with Gasteiger partial charge in [0.2, 0.25) is 0 Å². The van der Waals surface area contributed by atoms with Gasteiger partial charge >= 0.3 is 0 Å². The number of aromatic amines is 1. The molecule has 2 aromatic carbocycles. The Hall–Kier alpha value is -3.06. The first-order valence-corrected chi connectivity index (χ1v) is 9.87. The van der Waals surface area contributed by atoms with Crippen LogP contribution in [0.25, 0.3) is 10.9 Å². The van der Waals surface area contributed by atoms with Crippen molar-refractivity contribution in [1.29, 1.82) is 0 Å². The molecule has 1 aliphatic carbocycles. The number of phenols is 1. The number of aromatic nitrogens is 1. The van der Waals surface area contributed by atoms with Gasteiger partial charge in [-0.25, -0.2) is 0 Å². The fourth-order valence-corrected chi connectivity index (χ4v) is 4.34. The first kappa shape index (κ1) is 19.3. The molecule has 29 heavy (non-hydrogen) atoms. The Labute approximate surface area is 168 Å². The van der Waals surface area contributed by atoms with E-state index in [1.54, 1.807) is 31.4 Å². The molecule has 0 spiro atoms. The number of H-pyrrole nitrogens is 1. The van der Waals surface area contributed by atoms with Crippen molar-refractivity contribution in [1.82, 2.24) is 10.3 Å². The third-order valence-corrected chi connectivity index (χ3v) is 5.67. The highest BCUT2D eigenvalue weighted by molar-refractivity contribution is 5.87. The minimum atomic E-state index is -0.342. The number of hydrogen-bond donors (Lipinski definition) is 3. The molecule has 0 saturated heterocycles. The molecule has 0 saturated carbocycles. The van der Waals surface area contributed by atoms with Gasteiger partial charge in [-0.15, -0.1) is 0 Å². The maximum atomic E-state index is 11.1. The topological polar surface area (TPSA) is 100 Å². The van der Waals surface area contributed by atoms with Gasteiger partial charge in [-0.05, 0) is 61.9 Å². The summed E-state index contributed by atoms with van der Waals surface area (Å²) in [6.45, 7) is 2.14. The molecule has 7 nitrogen and oxygen atoms in total. The molecule has 4 rings (SSSR count). The number of nitro benzene ring substituents is 1. The zero-order chi connectivity index (χ0) is 20.5. The lowest BCUT2D eigenvalue weighted by atomic mass is 9.91. The molecular weight excluding hydrogens is 370 g/mol. The number of hydrogen-bond acceptors (Lipinski definition) is 5. The van der Waals surface area contributed by atoms with E-state index in [2.05, 4.69) is 17.2 Å². The summed E-state index contributed by atoms with van der Waals surface area (Å²) in [6.07, 6.45) is 3.79. The number of phenolic OH excluding ortho intramolecular Hbond substituents is 1. The highest BCUT2D eigenvalue weighted by atomic mass is 16.6. The lowest BCUT2D eigenvalue weighted by molar-refractivity contribution is -0.384. The number of nitrogens with one attached hydrogen (secondary N) is 2. The number of non-ortho nitro benzene ring substituents is 1. The van der Waals surface area contributed by atoms with E-state index < -0.39 is 0 Å². The fraction of sp³-hybridized carbons (Fsp3) is 0.364. The highest BCUT2D eigenvalue weighted by Crippen LogP contribution is 2.36. The maximum absolute atomic E-state index is 11.1. The number of fused-ring (bicyclic) bond motifs is 3. The van der Waals surface area contributed by atoms with Gasteiger partial charge in [-0.2, -0.15) is 0 Å². The molecule has 0 amide bonds. The summed E-state index contributed by atoms with van der Waals surface area (Å²) in [5.74, 6) is 0.618. The predicted molar refractivity (Wildman–Crippen MR) is 112 cm³/mol. The first-order valence-electron chi connectivity index (χ1n) is 9.87. The lowest BCUT2D eigenvalue weighted by Gasteiger charge is -2.27. The van der Waals surface area contributed by atoms with Crippen LogP contribution in [-0.4, -0.2) is 28.2 Å². The average Bonchev–Trinajstić information content (AvgIpc) is 3.08. The number of nitro groups is 1. The van der Waals surface area contributed by atoms with Crippen LogP contribution >= 0.6 is 0 Å². The molecule has 1 heterocycles. The summed E-state index contributed by atoms with van der Waals surface area (Å²) in [6, 6.07) is 10.8. The number of rotatable bonds is 6. The summed E-state index contributed by atoms with van der Waals surface area (Å²) in [5.41, 5.74) is 4.49. The Morgan fingerprint density at radius 1 is 1.34 bits per heavy atom. The van der Waals surface area contributed by atoms with Crippen molar-refractivity contribution in [2.24, 2.45) is 0 Å². The highest BCUT2D eigenvalue weighted by Gasteiger charge is 2.26. The largest absolute Gasteiger partial charge is 0.504 e. The third kappa shape index (κ3) is 3.78. The number of aromatic hydroxyl groups is 1. The Morgan fingerprint density at radius 3 is 2.93 bits per heavy atom. The number of methoxy groups -OCH3 is 1. The summed E-state index contributed by atoms with van der Waals surface area (Å²) >= 11 is 0. The summed E-state index contributed by atoms with van der Waals surface area (Å²) in [4.78, 5) is 14.3. The van der Waals surface area contributed by atoms with E-state index in [4.69, 9.17) is 4.74 Å². The number of aryl methyl sites for hydroxylation is 1. The Balaban J connectivity index is 1.55. The van der Waals surface area contributed by atoms with E-state index in [1.807, 2.05) is 12.1 Å². The molecule has 3 N–H and O–H groups in total. The Bertz CT molecular complexity index is 1060. The van der Waals surface area contributed by atoms with E-state index in [1.165, 1.54) is 5.56 Å². The van der Waals surface area contributed by atoms with Crippen LogP contribution in [0.5, 0.6) is 11.5 Å². The molecule has 7 heteroatoms. The smallest absolute Gasteiger partial charge is 0.270 e. The van der Waals surface area contributed by atoms with E-state index in [0.717, 1.165) is 47.8 Å². The lowest BCUT2D eigenvalue weighted by Crippen LogP contribution is -2.34. The molecule has 0 aliphatic heterocycles. The molecule has 3 aromatic rings. The summed E-state index contributed by atoms with van der Waals surface area (Å²) in [7, 11) is 1.55. The zero-order valence-corrected chi connectivity index (χ0v) is 16.6. The summed E-state index contributed by atoms with van der Waals surface area (Å²) < 4.78 is 5.20. The number of ether oxygens (including phenoxy) is 1. The van der Waals surface area contributed by atoms with E-state index in [0.29, 0.717) is 5.75 Å². The van der Waals surface area contributed by atoms with Crippen molar-refractivity contribution in [3.63, 3.8) is 0 Å². The van der Waals surface area contributed by atoms with Crippen LogP contribution in [0.1, 0.15) is 42.6 Å². The van der Waals surface area contributed by atoms with Crippen molar-refractivity contribution in [2.45, 2.75) is 44.7 Å². The third-order valence-electron chi connectivity index (χ3n) is 5.67. The predicted octanol–water partition coefficient (Wildman–Crippen LogP) is 4.39. The van der Waals surface area contributed by atoms with E-state index in [-0.39, 0.29) is 28.4 Å². The van der Waals surface area contributed by atoms with Crippen LogP contribution in [0.3, 0.4) is 0 Å². The zero-order valence-electron chi connectivity index (χ0n) is 16.6.